The van der Waals surface area contributed by atoms with Gasteiger partial charge in [0, 0.05) is 24.0 Å². The molecule has 0 amide bonds. The van der Waals surface area contributed by atoms with Gasteiger partial charge < -0.3 is 4.42 Å². The number of hydrogen-bond donors (Lipinski definition) is 1. The standard InChI is InChI=1S/C19H20N4O3S2/c24-28(25,23-10-2-1-3-11-23)17-8-6-15(7-9-17)18-14-27-19(21-18)22-20-13-16-5-4-12-26-16/h4-9,12-14H,1-3,10-11H2,(H,21,22)/b20-13+. The van der Waals surface area contributed by atoms with Crippen molar-refractivity contribution in [3.63, 3.8) is 0 Å². The molecule has 2 aromatic heterocycles. The molecule has 1 N–H and O–H groups in total. The topological polar surface area (TPSA) is 87.8 Å². The van der Waals surface area contributed by atoms with E-state index in [1.54, 1.807) is 53.2 Å². The highest BCUT2D eigenvalue weighted by molar-refractivity contribution is 7.89. The highest BCUT2D eigenvalue weighted by atomic mass is 32.2. The molecule has 0 unspecified atom stereocenters. The molecular weight excluding hydrogens is 396 g/mol. The predicted molar refractivity (Wildman–Crippen MR) is 110 cm³/mol. The van der Waals surface area contributed by atoms with E-state index in [0.29, 0.717) is 28.9 Å². The molecule has 28 heavy (non-hydrogen) atoms. The van der Waals surface area contributed by atoms with E-state index in [1.165, 1.54) is 11.3 Å². The molecule has 0 bridgehead atoms. The van der Waals surface area contributed by atoms with Crippen molar-refractivity contribution in [2.75, 3.05) is 18.5 Å². The fourth-order valence-electron chi connectivity index (χ4n) is 3.03. The zero-order valence-electron chi connectivity index (χ0n) is 15.1. The number of hydrogen-bond acceptors (Lipinski definition) is 7. The number of benzene rings is 1. The summed E-state index contributed by atoms with van der Waals surface area (Å²) in [6, 6.07) is 10.5. The number of anilines is 1. The van der Waals surface area contributed by atoms with Crippen LogP contribution < -0.4 is 5.43 Å². The molecule has 9 heteroatoms. The predicted octanol–water partition coefficient (Wildman–Crippen LogP) is 4.02. The van der Waals surface area contributed by atoms with Crippen molar-refractivity contribution in [3.05, 3.63) is 53.8 Å². The fraction of sp³-hybridized carbons (Fsp3) is 0.263. The fourth-order valence-corrected chi connectivity index (χ4v) is 5.21. The summed E-state index contributed by atoms with van der Waals surface area (Å²) in [5.74, 6) is 0.648. The Morgan fingerprint density at radius 1 is 1.14 bits per heavy atom. The first-order chi connectivity index (χ1) is 13.6. The van der Waals surface area contributed by atoms with Crippen LogP contribution in [0.3, 0.4) is 0 Å². The molecule has 7 nitrogen and oxygen atoms in total. The van der Waals surface area contributed by atoms with Gasteiger partial charge in [-0.25, -0.2) is 13.4 Å². The summed E-state index contributed by atoms with van der Waals surface area (Å²) >= 11 is 1.42. The summed E-state index contributed by atoms with van der Waals surface area (Å²) in [4.78, 5) is 4.81. The monoisotopic (exact) mass is 416 g/mol. The molecule has 0 atom stereocenters. The highest BCUT2D eigenvalue weighted by Gasteiger charge is 2.25. The maximum absolute atomic E-state index is 12.7. The van der Waals surface area contributed by atoms with E-state index < -0.39 is 10.0 Å². The van der Waals surface area contributed by atoms with E-state index in [9.17, 15) is 8.42 Å². The Hall–Kier alpha value is -2.49. The SMILES string of the molecule is O=S(=O)(c1ccc(-c2csc(N/N=C/c3ccco3)n2)cc1)N1CCCCC1. The van der Waals surface area contributed by atoms with Crippen LogP contribution in [-0.2, 0) is 10.0 Å². The minimum Gasteiger partial charge on any atom is -0.463 e. The molecule has 0 radical (unpaired) electrons. The Morgan fingerprint density at radius 3 is 2.64 bits per heavy atom. The lowest BCUT2D eigenvalue weighted by atomic mass is 10.2. The third kappa shape index (κ3) is 4.16. The molecule has 1 aromatic carbocycles. The molecule has 1 saturated heterocycles. The van der Waals surface area contributed by atoms with Crippen LogP contribution in [0.4, 0.5) is 5.13 Å². The number of sulfonamides is 1. The maximum atomic E-state index is 12.7. The molecule has 1 fully saturated rings. The largest absolute Gasteiger partial charge is 0.463 e. The molecule has 0 aliphatic carbocycles. The van der Waals surface area contributed by atoms with Gasteiger partial charge in [-0.05, 0) is 37.1 Å². The second-order valence-corrected chi connectivity index (χ2v) is 9.21. The number of rotatable bonds is 6. The molecular formula is C19H20N4O3S2. The van der Waals surface area contributed by atoms with Crippen molar-refractivity contribution in [3.8, 4) is 11.3 Å². The lowest BCUT2D eigenvalue weighted by molar-refractivity contribution is 0.346. The number of aromatic nitrogens is 1. The van der Waals surface area contributed by atoms with Crippen molar-refractivity contribution in [1.82, 2.24) is 9.29 Å². The van der Waals surface area contributed by atoms with Gasteiger partial charge in [-0.1, -0.05) is 18.6 Å². The van der Waals surface area contributed by atoms with Crippen molar-refractivity contribution in [2.24, 2.45) is 5.10 Å². The second kappa shape index (κ2) is 8.26. The smallest absolute Gasteiger partial charge is 0.243 e. The number of hydrazone groups is 1. The van der Waals surface area contributed by atoms with Crippen molar-refractivity contribution < 1.29 is 12.8 Å². The van der Waals surface area contributed by atoms with Gasteiger partial charge in [0.25, 0.3) is 0 Å². The third-order valence-corrected chi connectivity index (χ3v) is 7.16. The Kier molecular flexibility index (Phi) is 5.56. The zero-order chi connectivity index (χ0) is 19.4. The molecule has 3 heterocycles. The molecule has 146 valence electrons. The lowest BCUT2D eigenvalue weighted by Crippen LogP contribution is -2.35. The van der Waals surface area contributed by atoms with E-state index in [0.717, 1.165) is 30.5 Å². The number of nitrogens with zero attached hydrogens (tertiary/aromatic N) is 3. The van der Waals surface area contributed by atoms with E-state index in [-0.39, 0.29) is 0 Å². The maximum Gasteiger partial charge on any atom is 0.243 e. The van der Waals surface area contributed by atoms with Gasteiger partial charge in [-0.3, -0.25) is 5.43 Å². The van der Waals surface area contributed by atoms with Gasteiger partial charge in [-0.2, -0.15) is 9.41 Å². The second-order valence-electron chi connectivity index (χ2n) is 6.41. The zero-order valence-corrected chi connectivity index (χ0v) is 16.7. The van der Waals surface area contributed by atoms with E-state index in [4.69, 9.17) is 4.42 Å². The Labute approximate surface area is 167 Å². The average molecular weight is 417 g/mol. The van der Waals surface area contributed by atoms with Gasteiger partial charge in [0.15, 0.2) is 0 Å². The van der Waals surface area contributed by atoms with Crippen LogP contribution in [0.25, 0.3) is 11.3 Å². The van der Waals surface area contributed by atoms with E-state index >= 15 is 0 Å². The minimum absolute atomic E-state index is 0.328. The van der Waals surface area contributed by atoms with E-state index in [1.807, 2.05) is 5.38 Å². The normalized spacial score (nSPS) is 15.9. The molecule has 4 rings (SSSR count). The van der Waals surface area contributed by atoms with Gasteiger partial charge >= 0.3 is 0 Å². The Morgan fingerprint density at radius 2 is 1.93 bits per heavy atom. The number of furan rings is 1. The Bertz CT molecular complexity index is 1040. The van der Waals surface area contributed by atoms with Crippen LogP contribution in [0.5, 0.6) is 0 Å². The van der Waals surface area contributed by atoms with Crippen LogP contribution >= 0.6 is 11.3 Å². The van der Waals surface area contributed by atoms with Crippen LogP contribution in [0, 0.1) is 0 Å². The van der Waals surface area contributed by atoms with E-state index in [2.05, 4.69) is 15.5 Å². The molecule has 0 saturated carbocycles. The summed E-state index contributed by atoms with van der Waals surface area (Å²) < 4.78 is 32.2. The van der Waals surface area contributed by atoms with Crippen LogP contribution in [0.1, 0.15) is 25.0 Å². The van der Waals surface area contributed by atoms with Gasteiger partial charge in [0.05, 0.1) is 23.1 Å². The van der Waals surface area contributed by atoms with Crippen molar-refractivity contribution in [2.45, 2.75) is 24.2 Å². The van der Waals surface area contributed by atoms with Crippen LogP contribution in [0.2, 0.25) is 0 Å². The first-order valence-electron chi connectivity index (χ1n) is 9.02. The summed E-state index contributed by atoms with van der Waals surface area (Å²) in [7, 11) is -3.41. The number of piperidine rings is 1. The van der Waals surface area contributed by atoms with Crippen molar-refractivity contribution >= 4 is 32.7 Å². The Balaban J connectivity index is 1.45. The first-order valence-corrected chi connectivity index (χ1v) is 11.3. The quantitative estimate of drug-likeness (QED) is 0.484. The average Bonchev–Trinajstić information content (AvgIpc) is 3.41. The van der Waals surface area contributed by atoms with Gasteiger partial charge in [0.1, 0.15) is 5.76 Å². The summed E-state index contributed by atoms with van der Waals surface area (Å²) in [6.07, 6.45) is 6.10. The third-order valence-electron chi connectivity index (χ3n) is 4.50. The molecule has 0 spiro atoms. The summed E-state index contributed by atoms with van der Waals surface area (Å²) in [5, 5.41) is 6.63. The van der Waals surface area contributed by atoms with Crippen LogP contribution in [0.15, 0.2) is 62.5 Å². The molecule has 1 aliphatic heterocycles. The summed E-state index contributed by atoms with van der Waals surface area (Å²) in [6.45, 7) is 1.20. The first kappa shape index (κ1) is 18.9. The number of thiazole rings is 1. The molecule has 3 aromatic rings. The highest BCUT2D eigenvalue weighted by Crippen LogP contribution is 2.27. The van der Waals surface area contributed by atoms with Gasteiger partial charge in [0.2, 0.25) is 15.2 Å². The lowest BCUT2D eigenvalue weighted by Gasteiger charge is -2.25. The van der Waals surface area contributed by atoms with Crippen molar-refractivity contribution in [1.29, 1.82) is 0 Å². The van der Waals surface area contributed by atoms with Crippen LogP contribution in [-0.4, -0.2) is 37.0 Å². The van der Waals surface area contributed by atoms with Gasteiger partial charge in [-0.15, -0.1) is 11.3 Å². The summed E-state index contributed by atoms with van der Waals surface area (Å²) in [5.41, 5.74) is 4.49. The number of nitrogens with one attached hydrogen (secondary N) is 1. The minimum atomic E-state index is -3.41. The molecule has 1 aliphatic rings.